The lowest BCUT2D eigenvalue weighted by Gasteiger charge is -2.20. The Hall–Kier alpha value is -1.25. The minimum atomic E-state index is -3.52. The van der Waals surface area contributed by atoms with E-state index in [2.05, 4.69) is 14.9 Å². The van der Waals surface area contributed by atoms with Crippen LogP contribution in [0, 0.1) is 0 Å². The summed E-state index contributed by atoms with van der Waals surface area (Å²) in [5.41, 5.74) is 5.35. The van der Waals surface area contributed by atoms with Gasteiger partial charge in [0, 0.05) is 20.1 Å². The van der Waals surface area contributed by atoms with Crippen molar-refractivity contribution in [3.8, 4) is 0 Å². The number of rotatable bonds is 5. The third-order valence-electron chi connectivity index (χ3n) is 3.29. The zero-order valence-corrected chi connectivity index (χ0v) is 11.8. The summed E-state index contributed by atoms with van der Waals surface area (Å²) in [6.45, 7) is 3.33. The third-order valence-corrected chi connectivity index (χ3v) is 5.10. The van der Waals surface area contributed by atoms with Crippen LogP contribution in [0.3, 0.4) is 0 Å². The molecule has 0 atom stereocenters. The van der Waals surface area contributed by atoms with E-state index >= 15 is 0 Å². The molecule has 19 heavy (non-hydrogen) atoms. The lowest BCUT2D eigenvalue weighted by atomic mass is 10.4. The fraction of sp³-hybridized carbons (Fsp3) is 0.636. The molecule has 1 aliphatic rings. The molecule has 1 aromatic heterocycles. The second kappa shape index (κ2) is 5.81. The zero-order chi connectivity index (χ0) is 13.9. The normalized spacial score (nSPS) is 17.2. The first kappa shape index (κ1) is 14.2. The molecule has 2 heterocycles. The van der Waals surface area contributed by atoms with Crippen LogP contribution in [0.4, 0.5) is 5.95 Å². The minimum absolute atomic E-state index is 0.0682. The monoisotopic (exact) mass is 285 g/mol. The number of nitrogens with two attached hydrogens (primary N) is 1. The highest BCUT2D eigenvalue weighted by molar-refractivity contribution is 7.89. The highest BCUT2D eigenvalue weighted by Crippen LogP contribution is 2.13. The van der Waals surface area contributed by atoms with E-state index in [0.717, 1.165) is 19.6 Å². The number of anilines is 1. The van der Waals surface area contributed by atoms with Crippen LogP contribution in [0.25, 0.3) is 0 Å². The van der Waals surface area contributed by atoms with Crippen molar-refractivity contribution in [2.75, 3.05) is 39.0 Å². The maximum Gasteiger partial charge on any atom is 0.245 e. The van der Waals surface area contributed by atoms with Crippen molar-refractivity contribution in [2.24, 2.45) is 0 Å². The van der Waals surface area contributed by atoms with Crippen molar-refractivity contribution < 1.29 is 8.42 Å². The summed E-state index contributed by atoms with van der Waals surface area (Å²) < 4.78 is 25.8. The maximum absolute atomic E-state index is 12.2. The smallest absolute Gasteiger partial charge is 0.245 e. The van der Waals surface area contributed by atoms with Crippen LogP contribution in [-0.4, -0.2) is 60.8 Å². The predicted molar refractivity (Wildman–Crippen MR) is 71.9 cm³/mol. The Bertz CT molecular complexity index is 510. The lowest BCUT2D eigenvalue weighted by Crippen LogP contribution is -2.35. The predicted octanol–water partition coefficient (Wildman–Crippen LogP) is -0.225. The van der Waals surface area contributed by atoms with Crippen molar-refractivity contribution in [3.63, 3.8) is 0 Å². The summed E-state index contributed by atoms with van der Waals surface area (Å²) in [5.74, 6) is 0.0682. The summed E-state index contributed by atoms with van der Waals surface area (Å²) in [7, 11) is -1.95. The van der Waals surface area contributed by atoms with E-state index in [4.69, 9.17) is 5.73 Å². The first-order valence-electron chi connectivity index (χ1n) is 6.26. The Balaban J connectivity index is 1.99. The third kappa shape index (κ3) is 3.40. The number of likely N-dealkylation sites (N-methyl/N-ethyl adjacent to an activating group) is 1. The standard InChI is InChI=1S/C11H19N5O2S/c1-15(6-7-16-4-2-3-5-16)19(17,18)10-8-13-11(12)14-9-10/h8-9H,2-7H2,1H3,(H2,12,13,14). The van der Waals surface area contributed by atoms with Gasteiger partial charge in [-0.2, -0.15) is 4.31 Å². The molecule has 0 unspecified atom stereocenters. The quantitative estimate of drug-likeness (QED) is 0.803. The molecule has 1 aliphatic heterocycles. The average molecular weight is 285 g/mol. The zero-order valence-electron chi connectivity index (χ0n) is 11.0. The van der Waals surface area contributed by atoms with E-state index in [1.165, 1.54) is 29.5 Å². The highest BCUT2D eigenvalue weighted by Gasteiger charge is 2.22. The Kier molecular flexibility index (Phi) is 4.33. The van der Waals surface area contributed by atoms with Gasteiger partial charge >= 0.3 is 0 Å². The number of hydrogen-bond donors (Lipinski definition) is 1. The molecule has 7 nitrogen and oxygen atoms in total. The van der Waals surface area contributed by atoms with Crippen LogP contribution in [-0.2, 0) is 10.0 Å². The molecule has 8 heteroatoms. The van der Waals surface area contributed by atoms with Crippen molar-refractivity contribution in [3.05, 3.63) is 12.4 Å². The molecule has 2 rings (SSSR count). The molecular formula is C11H19N5O2S. The SMILES string of the molecule is CN(CCN1CCCC1)S(=O)(=O)c1cnc(N)nc1. The molecule has 0 radical (unpaired) electrons. The molecular weight excluding hydrogens is 266 g/mol. The van der Waals surface area contributed by atoms with E-state index in [1.807, 2.05) is 0 Å². The van der Waals surface area contributed by atoms with Crippen LogP contribution >= 0.6 is 0 Å². The lowest BCUT2D eigenvalue weighted by molar-refractivity contribution is 0.310. The van der Waals surface area contributed by atoms with Gasteiger partial charge in [0.15, 0.2) is 0 Å². The first-order chi connectivity index (χ1) is 9.00. The largest absolute Gasteiger partial charge is 0.368 e. The Labute approximate surface area is 113 Å². The second-order valence-electron chi connectivity index (χ2n) is 4.65. The molecule has 0 saturated carbocycles. The maximum atomic E-state index is 12.2. The summed E-state index contributed by atoms with van der Waals surface area (Å²) >= 11 is 0. The average Bonchev–Trinajstić information content (AvgIpc) is 2.89. The van der Waals surface area contributed by atoms with Gasteiger partial charge in [-0.05, 0) is 25.9 Å². The van der Waals surface area contributed by atoms with Crippen molar-refractivity contribution in [2.45, 2.75) is 17.7 Å². The molecule has 0 spiro atoms. The van der Waals surface area contributed by atoms with Gasteiger partial charge in [0.05, 0.1) is 12.4 Å². The van der Waals surface area contributed by atoms with Crippen LogP contribution in [0.15, 0.2) is 17.3 Å². The van der Waals surface area contributed by atoms with Gasteiger partial charge in [-0.3, -0.25) is 0 Å². The summed E-state index contributed by atoms with van der Waals surface area (Å²) in [5, 5.41) is 0. The van der Waals surface area contributed by atoms with Gasteiger partial charge in [0.1, 0.15) is 4.90 Å². The molecule has 1 saturated heterocycles. The Morgan fingerprint density at radius 3 is 2.47 bits per heavy atom. The van der Waals surface area contributed by atoms with Crippen LogP contribution in [0.2, 0.25) is 0 Å². The van der Waals surface area contributed by atoms with Crippen LogP contribution in [0.5, 0.6) is 0 Å². The first-order valence-corrected chi connectivity index (χ1v) is 7.70. The minimum Gasteiger partial charge on any atom is -0.368 e. The number of nitrogen functional groups attached to an aromatic ring is 1. The highest BCUT2D eigenvalue weighted by atomic mass is 32.2. The van der Waals surface area contributed by atoms with Gasteiger partial charge < -0.3 is 10.6 Å². The van der Waals surface area contributed by atoms with E-state index in [9.17, 15) is 8.42 Å². The molecule has 1 aromatic rings. The van der Waals surface area contributed by atoms with Gasteiger partial charge in [0.2, 0.25) is 16.0 Å². The molecule has 0 aliphatic carbocycles. The second-order valence-corrected chi connectivity index (χ2v) is 6.70. The molecule has 2 N–H and O–H groups in total. The van der Waals surface area contributed by atoms with Crippen molar-refractivity contribution in [1.29, 1.82) is 0 Å². The van der Waals surface area contributed by atoms with E-state index in [1.54, 1.807) is 7.05 Å². The fourth-order valence-corrected chi connectivity index (χ4v) is 3.10. The number of aromatic nitrogens is 2. The number of likely N-dealkylation sites (tertiary alicyclic amines) is 1. The number of hydrogen-bond acceptors (Lipinski definition) is 6. The number of nitrogens with zero attached hydrogens (tertiary/aromatic N) is 4. The van der Waals surface area contributed by atoms with Gasteiger partial charge in [0.25, 0.3) is 0 Å². The molecule has 106 valence electrons. The summed E-state index contributed by atoms with van der Waals surface area (Å²) in [6.07, 6.45) is 4.87. The Morgan fingerprint density at radius 2 is 1.89 bits per heavy atom. The van der Waals surface area contributed by atoms with Crippen LogP contribution < -0.4 is 5.73 Å². The molecule has 1 fully saturated rings. The summed E-state index contributed by atoms with van der Waals surface area (Å²) in [6, 6.07) is 0. The van der Waals surface area contributed by atoms with E-state index < -0.39 is 10.0 Å². The molecule has 0 bridgehead atoms. The van der Waals surface area contributed by atoms with E-state index in [0.29, 0.717) is 6.54 Å². The number of sulfonamides is 1. The summed E-state index contributed by atoms with van der Waals surface area (Å²) in [4.78, 5) is 9.78. The van der Waals surface area contributed by atoms with Crippen LogP contribution in [0.1, 0.15) is 12.8 Å². The fourth-order valence-electron chi connectivity index (χ4n) is 2.05. The van der Waals surface area contributed by atoms with Crippen molar-refractivity contribution >= 4 is 16.0 Å². The van der Waals surface area contributed by atoms with Crippen molar-refractivity contribution in [1.82, 2.24) is 19.2 Å². The van der Waals surface area contributed by atoms with Gasteiger partial charge in [-0.15, -0.1) is 0 Å². The van der Waals surface area contributed by atoms with Gasteiger partial charge in [-0.25, -0.2) is 18.4 Å². The Morgan fingerprint density at radius 1 is 1.32 bits per heavy atom. The van der Waals surface area contributed by atoms with Gasteiger partial charge in [-0.1, -0.05) is 0 Å². The molecule has 0 aromatic carbocycles. The van der Waals surface area contributed by atoms with E-state index in [-0.39, 0.29) is 10.8 Å². The topological polar surface area (TPSA) is 92.4 Å². The molecule has 0 amide bonds.